The maximum absolute atomic E-state index is 14.0. The van der Waals surface area contributed by atoms with Crippen LogP contribution in [0, 0.1) is 13.8 Å². The maximum atomic E-state index is 14.0. The second-order valence-corrected chi connectivity index (χ2v) is 11.4. The number of sulfonamides is 1. The van der Waals surface area contributed by atoms with Crippen molar-refractivity contribution in [3.63, 3.8) is 0 Å². The largest absolute Gasteiger partial charge is 0.486 e. The van der Waals surface area contributed by atoms with E-state index >= 15 is 0 Å². The molecule has 4 aromatic rings. The Morgan fingerprint density at radius 3 is 2.37 bits per heavy atom. The molecule has 0 bridgehead atoms. The predicted molar refractivity (Wildman–Crippen MR) is 140 cm³/mol. The molecule has 9 nitrogen and oxygen atoms in total. The Balaban J connectivity index is 1.42. The molecular formula is C28H26N2O7S. The van der Waals surface area contributed by atoms with Crippen LogP contribution >= 0.6 is 0 Å². The Morgan fingerprint density at radius 2 is 1.53 bits per heavy atom. The summed E-state index contributed by atoms with van der Waals surface area (Å²) in [6.45, 7) is 4.64. The zero-order chi connectivity index (χ0) is 26.4. The van der Waals surface area contributed by atoms with Crippen molar-refractivity contribution in [2.75, 3.05) is 20.0 Å². The lowest BCUT2D eigenvalue weighted by Gasteiger charge is -2.24. The normalized spacial score (nSPS) is 14.3. The summed E-state index contributed by atoms with van der Waals surface area (Å²) in [6, 6.07) is 15.6. The zero-order valence-corrected chi connectivity index (χ0v) is 21.8. The molecule has 10 heteroatoms. The van der Waals surface area contributed by atoms with Crippen molar-refractivity contribution in [1.29, 1.82) is 0 Å². The van der Waals surface area contributed by atoms with Gasteiger partial charge in [-0.05, 0) is 66.8 Å². The molecular weight excluding hydrogens is 508 g/mol. The van der Waals surface area contributed by atoms with Gasteiger partial charge in [0, 0.05) is 24.7 Å². The van der Waals surface area contributed by atoms with E-state index in [4.69, 9.17) is 18.9 Å². The molecule has 0 fully saturated rings. The molecule has 1 N–H and O–H groups in total. The van der Waals surface area contributed by atoms with Gasteiger partial charge in [-0.25, -0.2) is 8.42 Å². The molecule has 1 aromatic heterocycles. The van der Waals surface area contributed by atoms with Crippen molar-refractivity contribution < 1.29 is 27.4 Å². The van der Waals surface area contributed by atoms with Crippen LogP contribution in [0.4, 0.5) is 0 Å². The summed E-state index contributed by atoms with van der Waals surface area (Å²) in [4.78, 5) is 16.1. The number of aromatic amines is 1. The van der Waals surface area contributed by atoms with Crippen LogP contribution in [0.3, 0.4) is 0 Å². The molecule has 0 unspecified atom stereocenters. The molecule has 196 valence electrons. The minimum Gasteiger partial charge on any atom is -0.486 e. The Kier molecular flexibility index (Phi) is 6.00. The van der Waals surface area contributed by atoms with Gasteiger partial charge in [-0.1, -0.05) is 17.7 Å². The number of hydrogen-bond acceptors (Lipinski definition) is 7. The quantitative estimate of drug-likeness (QED) is 0.398. The SMILES string of the molecule is Cc1cc(C)c2[nH]c(=O)c(CN(Cc3ccc4c(c3)OCO4)S(=O)(=O)c3ccc4c(c3)OCCO4)cc2c1. The molecule has 3 heterocycles. The summed E-state index contributed by atoms with van der Waals surface area (Å²) in [5, 5.41) is 0.844. The van der Waals surface area contributed by atoms with Crippen molar-refractivity contribution in [2.24, 2.45) is 0 Å². The summed E-state index contributed by atoms with van der Waals surface area (Å²) in [5.41, 5.74) is 3.43. The third-order valence-corrected chi connectivity index (χ3v) is 8.45. The van der Waals surface area contributed by atoms with Crippen LogP contribution in [0.1, 0.15) is 22.3 Å². The number of aryl methyl sites for hydroxylation is 2. The lowest BCUT2D eigenvalue weighted by Crippen LogP contribution is -2.32. The number of benzene rings is 3. The second kappa shape index (κ2) is 9.38. The number of rotatable bonds is 6. The highest BCUT2D eigenvalue weighted by atomic mass is 32.2. The van der Waals surface area contributed by atoms with Gasteiger partial charge in [0.05, 0.1) is 10.4 Å². The average Bonchev–Trinajstić information content (AvgIpc) is 3.37. The van der Waals surface area contributed by atoms with E-state index in [0.29, 0.717) is 47.3 Å². The molecule has 0 saturated carbocycles. The lowest BCUT2D eigenvalue weighted by molar-refractivity contribution is 0.171. The minimum absolute atomic E-state index is 0.0116. The first-order valence-electron chi connectivity index (χ1n) is 12.2. The first-order valence-corrected chi connectivity index (χ1v) is 13.6. The van der Waals surface area contributed by atoms with Gasteiger partial charge >= 0.3 is 0 Å². The molecule has 2 aliphatic heterocycles. The Bertz CT molecular complexity index is 1730. The van der Waals surface area contributed by atoms with Crippen LogP contribution in [-0.2, 0) is 23.1 Å². The second-order valence-electron chi connectivity index (χ2n) is 9.44. The van der Waals surface area contributed by atoms with Crippen LogP contribution < -0.4 is 24.5 Å². The monoisotopic (exact) mass is 534 g/mol. The summed E-state index contributed by atoms with van der Waals surface area (Å²) >= 11 is 0. The zero-order valence-electron chi connectivity index (χ0n) is 20.9. The number of ether oxygens (including phenoxy) is 4. The fourth-order valence-corrected chi connectivity index (χ4v) is 6.26. The highest BCUT2D eigenvalue weighted by Gasteiger charge is 2.29. The molecule has 3 aromatic carbocycles. The van der Waals surface area contributed by atoms with E-state index in [-0.39, 0.29) is 30.3 Å². The smallest absolute Gasteiger partial charge is 0.252 e. The summed E-state index contributed by atoms with van der Waals surface area (Å²) in [5.74, 6) is 2.02. The molecule has 0 radical (unpaired) electrons. The maximum Gasteiger partial charge on any atom is 0.252 e. The minimum atomic E-state index is -4.06. The third kappa shape index (κ3) is 4.46. The summed E-state index contributed by atoms with van der Waals surface area (Å²) < 4.78 is 51.4. The Hall–Kier alpha value is -4.02. The summed E-state index contributed by atoms with van der Waals surface area (Å²) in [7, 11) is -4.06. The van der Waals surface area contributed by atoms with Crippen LogP contribution in [0.25, 0.3) is 10.9 Å². The highest BCUT2D eigenvalue weighted by molar-refractivity contribution is 7.89. The molecule has 0 spiro atoms. The van der Waals surface area contributed by atoms with Gasteiger partial charge in [-0.3, -0.25) is 4.79 Å². The van der Waals surface area contributed by atoms with Crippen LogP contribution in [0.2, 0.25) is 0 Å². The van der Waals surface area contributed by atoms with Crippen molar-refractivity contribution in [2.45, 2.75) is 31.8 Å². The number of H-pyrrole nitrogens is 1. The number of hydrogen-bond donors (Lipinski definition) is 1. The standard InChI is InChI=1S/C28H26N2O7S/c1-17-9-18(2)27-20(10-17)12-21(28(31)29-27)15-30(14-19-3-5-24-25(11-19)37-16-36-24)38(32,33)22-4-6-23-26(13-22)35-8-7-34-23/h3-6,9-13H,7-8,14-16H2,1-2H3,(H,29,31). The van der Waals surface area contributed by atoms with E-state index in [2.05, 4.69) is 4.98 Å². The van der Waals surface area contributed by atoms with Gasteiger partial charge in [0.1, 0.15) is 13.2 Å². The fourth-order valence-electron chi connectivity index (χ4n) is 4.84. The van der Waals surface area contributed by atoms with Crippen LogP contribution in [-0.4, -0.2) is 37.7 Å². The van der Waals surface area contributed by atoms with E-state index in [1.54, 1.807) is 30.3 Å². The van der Waals surface area contributed by atoms with Gasteiger partial charge in [-0.2, -0.15) is 4.31 Å². The van der Waals surface area contributed by atoms with Gasteiger partial charge < -0.3 is 23.9 Å². The highest BCUT2D eigenvalue weighted by Crippen LogP contribution is 2.36. The van der Waals surface area contributed by atoms with Crippen molar-refractivity contribution >= 4 is 20.9 Å². The number of fused-ring (bicyclic) bond motifs is 3. The molecule has 0 saturated heterocycles. The van der Waals surface area contributed by atoms with Crippen molar-refractivity contribution in [1.82, 2.24) is 9.29 Å². The molecule has 0 aliphatic carbocycles. The Morgan fingerprint density at radius 1 is 0.816 bits per heavy atom. The van der Waals surface area contributed by atoms with Crippen molar-refractivity contribution in [3.05, 3.63) is 87.2 Å². The topological polar surface area (TPSA) is 107 Å². The van der Waals surface area contributed by atoms with E-state index in [9.17, 15) is 13.2 Å². The van der Waals surface area contributed by atoms with Gasteiger partial charge in [-0.15, -0.1) is 0 Å². The third-order valence-electron chi connectivity index (χ3n) is 6.66. The molecule has 2 aliphatic rings. The summed E-state index contributed by atoms with van der Waals surface area (Å²) in [6.07, 6.45) is 0. The van der Waals surface area contributed by atoms with Crippen LogP contribution in [0.15, 0.2) is 64.3 Å². The average molecular weight is 535 g/mol. The number of nitrogens with one attached hydrogen (secondary N) is 1. The molecule has 38 heavy (non-hydrogen) atoms. The van der Waals surface area contributed by atoms with E-state index in [0.717, 1.165) is 22.0 Å². The number of pyridine rings is 1. The van der Waals surface area contributed by atoms with Gasteiger partial charge in [0.2, 0.25) is 16.8 Å². The van der Waals surface area contributed by atoms with E-state index in [1.807, 2.05) is 26.0 Å². The van der Waals surface area contributed by atoms with Crippen molar-refractivity contribution in [3.8, 4) is 23.0 Å². The number of aromatic nitrogens is 1. The number of nitrogens with zero attached hydrogens (tertiary/aromatic N) is 1. The molecule has 0 atom stereocenters. The van der Waals surface area contributed by atoms with E-state index < -0.39 is 10.0 Å². The predicted octanol–water partition coefficient (Wildman–Crippen LogP) is 4.04. The first kappa shape index (κ1) is 24.3. The van der Waals surface area contributed by atoms with Crippen LogP contribution in [0.5, 0.6) is 23.0 Å². The lowest BCUT2D eigenvalue weighted by atomic mass is 10.1. The first-order chi connectivity index (χ1) is 18.3. The molecule has 6 rings (SSSR count). The van der Waals surface area contributed by atoms with Gasteiger partial charge in [0.15, 0.2) is 23.0 Å². The molecule has 0 amide bonds. The Labute approximate surface area is 219 Å². The van der Waals surface area contributed by atoms with Gasteiger partial charge in [0.25, 0.3) is 5.56 Å². The van der Waals surface area contributed by atoms with E-state index in [1.165, 1.54) is 16.4 Å². The fraction of sp³-hybridized carbons (Fsp3) is 0.250.